The van der Waals surface area contributed by atoms with Gasteiger partial charge < -0.3 is 9.47 Å². The van der Waals surface area contributed by atoms with Crippen molar-refractivity contribution in [1.82, 2.24) is 9.97 Å². The van der Waals surface area contributed by atoms with Crippen molar-refractivity contribution in [2.75, 3.05) is 7.11 Å². The molecular formula is C11H10N2O3S. The Balaban J connectivity index is 2.18. The van der Waals surface area contributed by atoms with E-state index in [1.165, 1.54) is 18.4 Å². The molecule has 0 radical (unpaired) electrons. The van der Waals surface area contributed by atoms with Gasteiger partial charge in [0.05, 0.1) is 7.11 Å². The zero-order valence-corrected chi connectivity index (χ0v) is 10.2. The summed E-state index contributed by atoms with van der Waals surface area (Å²) >= 11 is 1.32. The van der Waals surface area contributed by atoms with Crippen LogP contribution in [0.1, 0.15) is 15.4 Å². The normalized spacial score (nSPS) is 10.0. The highest BCUT2D eigenvalue weighted by Gasteiger charge is 2.11. The lowest BCUT2D eigenvalue weighted by molar-refractivity contribution is 0.0731. The Labute approximate surface area is 102 Å². The molecule has 2 aromatic heterocycles. The highest BCUT2D eigenvalue weighted by atomic mass is 32.1. The zero-order valence-electron chi connectivity index (χ0n) is 9.34. The molecule has 0 aliphatic rings. The summed E-state index contributed by atoms with van der Waals surface area (Å²) in [4.78, 5) is 20.1. The van der Waals surface area contributed by atoms with Gasteiger partial charge in [0, 0.05) is 11.8 Å². The maximum Gasteiger partial charge on any atom is 0.355 e. The van der Waals surface area contributed by atoms with E-state index in [2.05, 4.69) is 9.97 Å². The molecule has 2 aromatic rings. The van der Waals surface area contributed by atoms with Crippen LogP contribution in [0.15, 0.2) is 23.6 Å². The van der Waals surface area contributed by atoms with Gasteiger partial charge >= 0.3 is 12.0 Å². The lowest BCUT2D eigenvalue weighted by Gasteiger charge is -2.04. The summed E-state index contributed by atoms with van der Waals surface area (Å²) in [5.41, 5.74) is 0.672. The zero-order chi connectivity index (χ0) is 12.3. The summed E-state index contributed by atoms with van der Waals surface area (Å²) < 4.78 is 10.0. The van der Waals surface area contributed by atoms with Crippen LogP contribution in [0.3, 0.4) is 0 Å². The van der Waals surface area contributed by atoms with E-state index < -0.39 is 5.97 Å². The second kappa shape index (κ2) is 4.92. The molecule has 0 aliphatic heterocycles. The predicted molar refractivity (Wildman–Crippen MR) is 62.6 cm³/mol. The molecule has 0 bridgehead atoms. The molecule has 17 heavy (non-hydrogen) atoms. The Morgan fingerprint density at radius 2 is 2.24 bits per heavy atom. The summed E-state index contributed by atoms with van der Waals surface area (Å²) in [5.74, 6) is -0.243. The Morgan fingerprint density at radius 1 is 1.41 bits per heavy atom. The van der Waals surface area contributed by atoms with Crippen molar-refractivity contribution in [2.24, 2.45) is 0 Å². The van der Waals surface area contributed by atoms with Gasteiger partial charge in [-0.2, -0.15) is 4.98 Å². The van der Waals surface area contributed by atoms with Crippen LogP contribution < -0.4 is 9.47 Å². The first-order valence-corrected chi connectivity index (χ1v) is 5.72. The number of hydrogen-bond donors (Lipinski definition) is 0. The number of aryl methyl sites for hydroxylation is 1. The first-order valence-electron chi connectivity index (χ1n) is 4.84. The average molecular weight is 250 g/mol. The van der Waals surface area contributed by atoms with Gasteiger partial charge in [-0.25, -0.2) is 9.78 Å². The van der Waals surface area contributed by atoms with E-state index >= 15 is 0 Å². The molecule has 0 saturated carbocycles. The molecule has 0 saturated heterocycles. The number of carbonyl (C=O) groups is 1. The maximum absolute atomic E-state index is 11.7. The Morgan fingerprint density at radius 3 is 2.88 bits per heavy atom. The molecule has 0 aromatic carbocycles. The van der Waals surface area contributed by atoms with Gasteiger partial charge in [0.1, 0.15) is 4.88 Å². The first-order chi connectivity index (χ1) is 8.19. The minimum absolute atomic E-state index is 0.180. The largest absolute Gasteiger partial charge is 0.467 e. The number of carbonyl (C=O) groups excluding carboxylic acids is 1. The third-order valence-electron chi connectivity index (χ3n) is 1.91. The Hall–Kier alpha value is -1.95. The molecule has 2 heterocycles. The van der Waals surface area contributed by atoms with Crippen LogP contribution in [0, 0.1) is 6.92 Å². The fourth-order valence-electron chi connectivity index (χ4n) is 1.20. The molecule has 88 valence electrons. The molecule has 0 spiro atoms. The minimum Gasteiger partial charge on any atom is -0.467 e. The second-order valence-electron chi connectivity index (χ2n) is 3.20. The second-order valence-corrected chi connectivity index (χ2v) is 4.15. The molecule has 0 amide bonds. The smallest absolute Gasteiger partial charge is 0.355 e. The number of hydrogen-bond acceptors (Lipinski definition) is 6. The average Bonchev–Trinajstić information content (AvgIpc) is 2.81. The van der Waals surface area contributed by atoms with Crippen LogP contribution in [0.2, 0.25) is 0 Å². The van der Waals surface area contributed by atoms with Crippen LogP contribution in [0.4, 0.5) is 0 Å². The predicted octanol–water partition coefficient (Wildman–Crippen LogP) is 2.07. The van der Waals surface area contributed by atoms with Crippen LogP contribution >= 0.6 is 11.3 Å². The molecule has 0 aliphatic carbocycles. The van der Waals surface area contributed by atoms with Gasteiger partial charge in [-0.1, -0.05) is 6.07 Å². The number of rotatable bonds is 3. The summed E-state index contributed by atoms with van der Waals surface area (Å²) in [6.07, 6.45) is 0. The van der Waals surface area contributed by atoms with E-state index in [9.17, 15) is 4.79 Å². The van der Waals surface area contributed by atoms with E-state index in [4.69, 9.17) is 9.47 Å². The summed E-state index contributed by atoms with van der Waals surface area (Å²) in [5, 5.41) is 1.81. The molecule has 0 N–H and O–H groups in total. The molecule has 0 atom stereocenters. The van der Waals surface area contributed by atoms with E-state index in [-0.39, 0.29) is 11.9 Å². The lowest BCUT2D eigenvalue weighted by atomic mass is 10.4. The summed E-state index contributed by atoms with van der Waals surface area (Å²) in [6.45, 7) is 1.77. The van der Waals surface area contributed by atoms with E-state index in [0.29, 0.717) is 10.6 Å². The molecule has 0 fully saturated rings. The monoisotopic (exact) mass is 250 g/mol. The number of nitrogens with zero attached hydrogens (tertiary/aromatic N) is 2. The third-order valence-corrected chi connectivity index (χ3v) is 2.76. The van der Waals surface area contributed by atoms with Crippen molar-refractivity contribution in [3.63, 3.8) is 0 Å². The van der Waals surface area contributed by atoms with Crippen LogP contribution in [0.25, 0.3) is 0 Å². The molecule has 5 nitrogen and oxygen atoms in total. The summed E-state index contributed by atoms with van der Waals surface area (Å²) in [6, 6.07) is 5.23. The van der Waals surface area contributed by atoms with Crippen molar-refractivity contribution in [3.05, 3.63) is 34.2 Å². The quantitative estimate of drug-likeness (QED) is 0.780. The lowest BCUT2D eigenvalue weighted by Crippen LogP contribution is -2.08. The fraction of sp³-hybridized carbons (Fsp3) is 0.182. The SMILES string of the molecule is COc1nc(C)cc(OC(=O)c2cccs2)n1. The van der Waals surface area contributed by atoms with Crippen molar-refractivity contribution in [2.45, 2.75) is 6.92 Å². The van der Waals surface area contributed by atoms with Crippen LogP contribution in [0.5, 0.6) is 11.9 Å². The highest BCUT2D eigenvalue weighted by Crippen LogP contribution is 2.16. The van der Waals surface area contributed by atoms with Gasteiger partial charge in [-0.3, -0.25) is 0 Å². The van der Waals surface area contributed by atoms with Gasteiger partial charge in [0.2, 0.25) is 5.88 Å². The van der Waals surface area contributed by atoms with Crippen molar-refractivity contribution < 1.29 is 14.3 Å². The molecular weight excluding hydrogens is 240 g/mol. The Kier molecular flexibility index (Phi) is 3.34. The number of methoxy groups -OCH3 is 1. The van der Waals surface area contributed by atoms with Gasteiger partial charge in [0.15, 0.2) is 0 Å². The van der Waals surface area contributed by atoms with Gasteiger partial charge in [0.25, 0.3) is 0 Å². The Bertz CT molecular complexity index is 526. The van der Waals surface area contributed by atoms with Crippen molar-refractivity contribution >= 4 is 17.3 Å². The van der Waals surface area contributed by atoms with Crippen LogP contribution in [-0.4, -0.2) is 23.0 Å². The molecule has 2 rings (SSSR count). The van der Waals surface area contributed by atoms with E-state index in [1.54, 1.807) is 25.1 Å². The number of thiophene rings is 1. The molecule has 6 heteroatoms. The first kappa shape index (κ1) is 11.5. The standard InChI is InChI=1S/C11H10N2O3S/c1-7-6-9(13-11(12-7)15-2)16-10(14)8-4-3-5-17-8/h3-6H,1-2H3. The van der Waals surface area contributed by atoms with Crippen molar-refractivity contribution in [1.29, 1.82) is 0 Å². The third kappa shape index (κ3) is 2.79. The fourth-order valence-corrected chi connectivity index (χ4v) is 1.80. The van der Waals surface area contributed by atoms with Crippen LogP contribution in [-0.2, 0) is 0 Å². The minimum atomic E-state index is -0.430. The van der Waals surface area contributed by atoms with E-state index in [1.807, 2.05) is 5.38 Å². The van der Waals surface area contributed by atoms with Gasteiger partial charge in [-0.15, -0.1) is 11.3 Å². The molecule has 0 unspecified atom stereocenters. The topological polar surface area (TPSA) is 61.3 Å². The van der Waals surface area contributed by atoms with Gasteiger partial charge in [-0.05, 0) is 18.4 Å². The number of esters is 1. The summed E-state index contributed by atoms with van der Waals surface area (Å²) in [7, 11) is 1.46. The highest BCUT2D eigenvalue weighted by molar-refractivity contribution is 7.12. The maximum atomic E-state index is 11.7. The number of ether oxygens (including phenoxy) is 2. The van der Waals surface area contributed by atoms with E-state index in [0.717, 1.165) is 0 Å². The van der Waals surface area contributed by atoms with Crippen molar-refractivity contribution in [3.8, 4) is 11.9 Å². The number of aromatic nitrogens is 2.